The largest absolute Gasteiger partial charge is 0.496 e. The van der Waals surface area contributed by atoms with E-state index < -0.39 is 0 Å². The number of pyridine rings is 1. The SMILES string of the molecule is COc1cccc2c(OC3CCC(N)CC3)nccc12. The van der Waals surface area contributed by atoms with Gasteiger partial charge in [0.15, 0.2) is 0 Å². The molecule has 3 rings (SSSR count). The molecule has 20 heavy (non-hydrogen) atoms. The van der Waals surface area contributed by atoms with Gasteiger partial charge in [0.2, 0.25) is 5.88 Å². The fourth-order valence-corrected chi connectivity index (χ4v) is 2.79. The van der Waals surface area contributed by atoms with Gasteiger partial charge in [-0.3, -0.25) is 0 Å². The predicted molar refractivity (Wildman–Crippen MR) is 79.2 cm³/mol. The first kappa shape index (κ1) is 13.2. The van der Waals surface area contributed by atoms with Crippen LogP contribution in [0.1, 0.15) is 25.7 Å². The number of ether oxygens (including phenoxy) is 2. The molecule has 0 amide bonds. The Balaban J connectivity index is 1.88. The monoisotopic (exact) mass is 272 g/mol. The molecule has 106 valence electrons. The van der Waals surface area contributed by atoms with Gasteiger partial charge in [-0.25, -0.2) is 4.98 Å². The second-order valence-corrected chi connectivity index (χ2v) is 5.33. The first-order chi connectivity index (χ1) is 9.78. The Bertz CT molecular complexity index is 592. The Labute approximate surface area is 118 Å². The van der Waals surface area contributed by atoms with Crippen molar-refractivity contribution < 1.29 is 9.47 Å². The molecule has 1 aliphatic carbocycles. The average molecular weight is 272 g/mol. The summed E-state index contributed by atoms with van der Waals surface area (Å²) in [6.07, 6.45) is 6.05. The summed E-state index contributed by atoms with van der Waals surface area (Å²) in [6.45, 7) is 0. The third kappa shape index (κ3) is 2.56. The lowest BCUT2D eigenvalue weighted by Crippen LogP contribution is -2.31. The molecule has 1 heterocycles. The van der Waals surface area contributed by atoms with E-state index in [9.17, 15) is 0 Å². The van der Waals surface area contributed by atoms with Crippen molar-refractivity contribution in [3.05, 3.63) is 30.5 Å². The van der Waals surface area contributed by atoms with Crippen LogP contribution in [0.4, 0.5) is 0 Å². The highest BCUT2D eigenvalue weighted by Crippen LogP contribution is 2.32. The van der Waals surface area contributed by atoms with E-state index in [4.69, 9.17) is 15.2 Å². The molecular weight excluding hydrogens is 252 g/mol. The van der Waals surface area contributed by atoms with Gasteiger partial charge in [-0.05, 0) is 43.9 Å². The van der Waals surface area contributed by atoms with Crippen LogP contribution in [0.25, 0.3) is 10.8 Å². The van der Waals surface area contributed by atoms with Crippen molar-refractivity contribution in [2.75, 3.05) is 7.11 Å². The van der Waals surface area contributed by atoms with Gasteiger partial charge in [-0.1, -0.05) is 6.07 Å². The van der Waals surface area contributed by atoms with Crippen LogP contribution < -0.4 is 15.2 Å². The minimum absolute atomic E-state index is 0.221. The lowest BCUT2D eigenvalue weighted by molar-refractivity contribution is 0.143. The van der Waals surface area contributed by atoms with Crippen LogP contribution in [0.5, 0.6) is 11.6 Å². The molecule has 1 fully saturated rings. The Morgan fingerprint density at radius 1 is 1.10 bits per heavy atom. The van der Waals surface area contributed by atoms with E-state index in [0.29, 0.717) is 11.9 Å². The second-order valence-electron chi connectivity index (χ2n) is 5.33. The first-order valence-corrected chi connectivity index (χ1v) is 7.12. The van der Waals surface area contributed by atoms with Crippen molar-refractivity contribution in [3.8, 4) is 11.6 Å². The molecule has 0 saturated heterocycles. The first-order valence-electron chi connectivity index (χ1n) is 7.12. The number of fused-ring (bicyclic) bond motifs is 1. The molecule has 1 aliphatic rings. The van der Waals surface area contributed by atoms with Gasteiger partial charge in [0.25, 0.3) is 0 Å². The van der Waals surface area contributed by atoms with E-state index in [1.54, 1.807) is 13.3 Å². The molecule has 0 spiro atoms. The highest BCUT2D eigenvalue weighted by atomic mass is 16.5. The molecule has 0 aliphatic heterocycles. The Morgan fingerprint density at radius 2 is 1.90 bits per heavy atom. The van der Waals surface area contributed by atoms with Gasteiger partial charge in [-0.15, -0.1) is 0 Å². The molecule has 0 radical (unpaired) electrons. The number of hydrogen-bond acceptors (Lipinski definition) is 4. The zero-order chi connectivity index (χ0) is 13.9. The summed E-state index contributed by atoms with van der Waals surface area (Å²) >= 11 is 0. The van der Waals surface area contributed by atoms with Gasteiger partial charge in [0, 0.05) is 23.0 Å². The third-order valence-electron chi connectivity index (χ3n) is 3.95. The van der Waals surface area contributed by atoms with E-state index in [-0.39, 0.29) is 6.10 Å². The number of rotatable bonds is 3. The lowest BCUT2D eigenvalue weighted by atomic mass is 9.94. The summed E-state index contributed by atoms with van der Waals surface area (Å²) in [5.74, 6) is 1.54. The second kappa shape index (κ2) is 5.67. The van der Waals surface area contributed by atoms with Crippen LogP contribution >= 0.6 is 0 Å². The molecule has 4 nitrogen and oxygen atoms in total. The van der Waals surface area contributed by atoms with E-state index >= 15 is 0 Å². The van der Waals surface area contributed by atoms with Crippen molar-refractivity contribution in [2.45, 2.75) is 37.8 Å². The summed E-state index contributed by atoms with van der Waals surface area (Å²) < 4.78 is 11.5. The maximum Gasteiger partial charge on any atom is 0.221 e. The number of hydrogen-bond donors (Lipinski definition) is 1. The fraction of sp³-hybridized carbons (Fsp3) is 0.438. The fourth-order valence-electron chi connectivity index (χ4n) is 2.79. The Morgan fingerprint density at radius 3 is 2.65 bits per heavy atom. The van der Waals surface area contributed by atoms with E-state index in [1.165, 1.54) is 0 Å². The average Bonchev–Trinajstić information content (AvgIpc) is 2.49. The van der Waals surface area contributed by atoms with Gasteiger partial charge >= 0.3 is 0 Å². The van der Waals surface area contributed by atoms with Crippen molar-refractivity contribution in [1.82, 2.24) is 4.98 Å². The minimum Gasteiger partial charge on any atom is -0.496 e. The van der Waals surface area contributed by atoms with Crippen LogP contribution in [-0.4, -0.2) is 24.2 Å². The summed E-state index contributed by atoms with van der Waals surface area (Å²) in [5.41, 5.74) is 5.93. The molecule has 0 unspecified atom stereocenters. The normalized spacial score (nSPS) is 22.7. The maximum absolute atomic E-state index is 6.09. The topological polar surface area (TPSA) is 57.4 Å². The van der Waals surface area contributed by atoms with Gasteiger partial charge in [-0.2, -0.15) is 0 Å². The van der Waals surface area contributed by atoms with Crippen LogP contribution in [0, 0.1) is 0 Å². The zero-order valence-corrected chi connectivity index (χ0v) is 11.7. The van der Waals surface area contributed by atoms with Crippen molar-refractivity contribution in [1.29, 1.82) is 0 Å². The van der Waals surface area contributed by atoms with Crippen LogP contribution in [0.15, 0.2) is 30.5 Å². The number of nitrogens with zero attached hydrogens (tertiary/aromatic N) is 1. The highest BCUT2D eigenvalue weighted by Gasteiger charge is 2.21. The van der Waals surface area contributed by atoms with Crippen molar-refractivity contribution >= 4 is 10.8 Å². The molecule has 2 N–H and O–H groups in total. The summed E-state index contributed by atoms with van der Waals surface area (Å²) in [4.78, 5) is 4.39. The summed E-state index contributed by atoms with van der Waals surface area (Å²) in [7, 11) is 1.68. The van der Waals surface area contributed by atoms with E-state index in [0.717, 1.165) is 42.2 Å². The molecule has 0 bridgehead atoms. The van der Waals surface area contributed by atoms with Crippen LogP contribution in [0.3, 0.4) is 0 Å². The third-order valence-corrected chi connectivity index (χ3v) is 3.95. The molecule has 1 aromatic carbocycles. The van der Waals surface area contributed by atoms with Crippen molar-refractivity contribution in [3.63, 3.8) is 0 Å². The van der Waals surface area contributed by atoms with Crippen LogP contribution in [0.2, 0.25) is 0 Å². The van der Waals surface area contributed by atoms with Gasteiger partial charge in [0.1, 0.15) is 11.9 Å². The number of nitrogens with two attached hydrogens (primary N) is 1. The molecule has 0 atom stereocenters. The summed E-state index contributed by atoms with van der Waals surface area (Å²) in [6, 6.07) is 8.22. The van der Waals surface area contributed by atoms with Crippen molar-refractivity contribution in [2.24, 2.45) is 5.73 Å². The molecule has 1 aromatic heterocycles. The Kier molecular flexibility index (Phi) is 3.74. The van der Waals surface area contributed by atoms with Gasteiger partial charge < -0.3 is 15.2 Å². The predicted octanol–water partition coefficient (Wildman–Crippen LogP) is 2.89. The van der Waals surface area contributed by atoms with Gasteiger partial charge in [0.05, 0.1) is 7.11 Å². The zero-order valence-electron chi connectivity index (χ0n) is 11.7. The molecular formula is C16H20N2O2. The summed E-state index contributed by atoms with van der Waals surface area (Å²) in [5, 5.41) is 2.04. The number of benzene rings is 1. The smallest absolute Gasteiger partial charge is 0.221 e. The molecule has 1 saturated carbocycles. The van der Waals surface area contributed by atoms with E-state index in [1.807, 2.05) is 24.3 Å². The lowest BCUT2D eigenvalue weighted by Gasteiger charge is -2.26. The molecule has 4 heteroatoms. The maximum atomic E-state index is 6.09. The minimum atomic E-state index is 0.221. The Hall–Kier alpha value is -1.81. The van der Waals surface area contributed by atoms with E-state index in [2.05, 4.69) is 4.98 Å². The van der Waals surface area contributed by atoms with Crippen LogP contribution in [-0.2, 0) is 0 Å². The number of methoxy groups -OCH3 is 1. The number of aromatic nitrogens is 1. The quantitative estimate of drug-likeness (QED) is 0.933. The molecule has 2 aromatic rings. The standard InChI is InChI=1S/C16H20N2O2/c1-19-15-4-2-3-14-13(15)9-10-18-16(14)20-12-7-5-11(17)6-8-12/h2-4,9-12H,5-8,17H2,1H3. The highest BCUT2D eigenvalue weighted by molar-refractivity contribution is 5.91.